The number of carbonyl (C=O) groups is 8. The SMILES string of the molecule is CC(=O)Cl.CC(=O)N1CCc2ccc(Br)cc21.CC(C)C(=O)Cl.CC(C)CC(=O)Cl.CC(C)CCC(=O)Cl.CC(C)c1ccc(S(=O)(=O)NC(C)(C)C)cc1.CCC(CC)C(=O)Cl.CCCC(=O)Cl.CCCCC(=O)Cl.NS(=O)(=O)c1ccc(C2=CC3(CCNCC3)Oc3ccccc32)cc1. The highest BCUT2D eigenvalue weighted by Gasteiger charge is 2.37. The fourth-order valence-corrected chi connectivity index (χ4v) is 11.9. The molecule has 0 bridgehead atoms. The van der Waals surface area contributed by atoms with E-state index in [4.69, 9.17) is 79.5 Å². The lowest BCUT2D eigenvalue weighted by molar-refractivity contribution is -0.117. The summed E-state index contributed by atoms with van der Waals surface area (Å²) >= 11 is 38.3. The van der Waals surface area contributed by atoms with Gasteiger partial charge >= 0.3 is 0 Å². The van der Waals surface area contributed by atoms with Crippen LogP contribution in [-0.4, -0.2) is 90.2 Å². The highest BCUT2D eigenvalue weighted by Crippen LogP contribution is 2.42. The Morgan fingerprint density at radius 1 is 0.653 bits per heavy atom. The van der Waals surface area contributed by atoms with Gasteiger partial charge in [-0.3, -0.25) is 38.4 Å². The number of anilines is 1. The predicted octanol–water partition coefficient (Wildman–Crippen LogP) is 19.4. The second-order valence-corrected chi connectivity index (χ2v) is 33.0. The second-order valence-electron chi connectivity index (χ2n) is 25.9. The number of unbranched alkanes of at least 4 members (excludes halogenated alkanes) is 1. The maximum atomic E-state index is 12.0. The van der Waals surface area contributed by atoms with Crippen molar-refractivity contribution in [2.45, 2.75) is 228 Å². The largest absolute Gasteiger partial charge is 0.482 e. The van der Waals surface area contributed by atoms with Crippen molar-refractivity contribution in [1.82, 2.24) is 10.0 Å². The Kier molecular flexibility index (Phi) is 53.6. The van der Waals surface area contributed by atoms with E-state index in [1.54, 1.807) is 45.0 Å². The number of nitrogens with two attached hydrogens (primary N) is 1. The van der Waals surface area contributed by atoms with Crippen molar-refractivity contribution in [3.63, 3.8) is 0 Å². The Morgan fingerprint density at radius 2 is 1.15 bits per heavy atom. The summed E-state index contributed by atoms with van der Waals surface area (Å²) in [4.78, 5) is 82.9. The molecule has 17 nitrogen and oxygen atoms in total. The number of piperidine rings is 1. The Labute approximate surface area is 646 Å². The van der Waals surface area contributed by atoms with Crippen molar-refractivity contribution in [1.29, 1.82) is 0 Å². The summed E-state index contributed by atoms with van der Waals surface area (Å²) in [5.41, 5.74) is 5.74. The first-order valence-electron chi connectivity index (χ1n) is 33.5. The third kappa shape index (κ3) is 49.3. The molecule has 4 aromatic rings. The molecule has 0 aliphatic carbocycles. The fourth-order valence-electron chi connectivity index (χ4n) is 8.55. The van der Waals surface area contributed by atoms with Crippen LogP contribution in [-0.2, 0) is 64.8 Å². The molecule has 3 heterocycles. The van der Waals surface area contributed by atoms with Crippen molar-refractivity contribution in [3.8, 4) is 5.75 Å². The molecule has 1 saturated heterocycles. The molecule has 4 aromatic carbocycles. The highest BCUT2D eigenvalue weighted by atomic mass is 79.9. The molecule has 7 rings (SSSR count). The van der Waals surface area contributed by atoms with Crippen LogP contribution in [0.5, 0.6) is 5.75 Å². The molecule has 0 aromatic heterocycles. The van der Waals surface area contributed by atoms with Crippen LogP contribution in [0.3, 0.4) is 0 Å². The normalized spacial score (nSPS) is 12.9. The summed E-state index contributed by atoms with van der Waals surface area (Å²) in [5.74, 6) is 2.43. The van der Waals surface area contributed by atoms with E-state index in [9.17, 15) is 55.2 Å². The first-order chi connectivity index (χ1) is 46.7. The number of amides is 1. The van der Waals surface area contributed by atoms with E-state index in [2.05, 4.69) is 77.4 Å². The molecule has 0 atom stereocenters. The minimum atomic E-state index is -3.69. The molecule has 570 valence electrons. The zero-order valence-electron chi connectivity index (χ0n) is 61.6. The third-order valence-corrected chi connectivity index (χ3v) is 18.5. The quantitative estimate of drug-likeness (QED) is 0.0737. The van der Waals surface area contributed by atoms with Crippen LogP contribution >= 0.6 is 97.1 Å². The summed E-state index contributed by atoms with van der Waals surface area (Å²) < 4.78 is 57.0. The molecule has 0 saturated carbocycles. The molecule has 101 heavy (non-hydrogen) atoms. The number of sulfonamides is 2. The van der Waals surface area contributed by atoms with Crippen molar-refractivity contribution in [2.24, 2.45) is 28.8 Å². The minimum absolute atomic E-state index is 0.0216. The molecular formula is C74H108BrCl7N4O13S2. The van der Waals surface area contributed by atoms with E-state index < -0.39 is 25.6 Å². The van der Waals surface area contributed by atoms with Gasteiger partial charge in [-0.05, 0) is 242 Å². The van der Waals surface area contributed by atoms with Crippen LogP contribution in [0.25, 0.3) is 5.57 Å². The minimum Gasteiger partial charge on any atom is -0.482 e. The summed E-state index contributed by atoms with van der Waals surface area (Å²) in [6.45, 7) is 34.6. The second kappa shape index (κ2) is 53.6. The number of halogens is 8. The van der Waals surface area contributed by atoms with Gasteiger partial charge in [0.1, 0.15) is 11.4 Å². The molecule has 0 unspecified atom stereocenters. The van der Waals surface area contributed by atoms with Gasteiger partial charge in [0.25, 0.3) is 0 Å². The van der Waals surface area contributed by atoms with Crippen LogP contribution in [0.1, 0.15) is 223 Å². The number of hydrogen-bond donors (Lipinski definition) is 3. The number of carbonyl (C=O) groups excluding carboxylic acids is 8. The van der Waals surface area contributed by atoms with Gasteiger partial charge in [-0.15, -0.1) is 0 Å². The van der Waals surface area contributed by atoms with Gasteiger partial charge in [0.15, 0.2) is 0 Å². The lowest BCUT2D eigenvalue weighted by Gasteiger charge is -2.40. The molecule has 4 N–H and O–H groups in total. The van der Waals surface area contributed by atoms with Crippen LogP contribution in [0.2, 0.25) is 0 Å². The van der Waals surface area contributed by atoms with Gasteiger partial charge in [0.05, 0.1) is 9.79 Å². The van der Waals surface area contributed by atoms with Gasteiger partial charge in [-0.2, -0.15) is 0 Å². The van der Waals surface area contributed by atoms with Crippen molar-refractivity contribution in [3.05, 3.63) is 124 Å². The van der Waals surface area contributed by atoms with Gasteiger partial charge in [0, 0.05) is 92.0 Å². The Balaban J connectivity index is -0.00000112. The van der Waals surface area contributed by atoms with Crippen LogP contribution in [0.15, 0.2) is 111 Å². The maximum absolute atomic E-state index is 12.0. The molecule has 27 heteroatoms. The number of ether oxygens (including phenoxy) is 1. The van der Waals surface area contributed by atoms with Crippen LogP contribution in [0.4, 0.5) is 5.69 Å². The first-order valence-corrected chi connectivity index (χ1v) is 40.0. The lowest BCUT2D eigenvalue weighted by atomic mass is 9.83. The molecule has 0 radical (unpaired) electrons. The average molecular weight is 1650 g/mol. The zero-order chi connectivity index (χ0) is 78.6. The summed E-state index contributed by atoms with van der Waals surface area (Å²) in [7, 11) is -7.10. The number of primary sulfonamides is 1. The summed E-state index contributed by atoms with van der Waals surface area (Å²) in [6.07, 6.45) is 12.4. The van der Waals surface area contributed by atoms with Crippen molar-refractivity contribution in [2.75, 3.05) is 24.5 Å². The van der Waals surface area contributed by atoms with E-state index in [1.165, 1.54) is 12.5 Å². The van der Waals surface area contributed by atoms with E-state index in [0.717, 1.165) is 116 Å². The summed E-state index contributed by atoms with van der Waals surface area (Å²) in [6, 6.07) is 27.8. The topological polar surface area (TPSA) is 267 Å². The van der Waals surface area contributed by atoms with Gasteiger partial charge < -0.3 is 15.0 Å². The maximum Gasteiger partial charge on any atom is 0.241 e. The smallest absolute Gasteiger partial charge is 0.241 e. The molecule has 1 amide bonds. The van der Waals surface area contributed by atoms with Crippen LogP contribution < -0.4 is 24.8 Å². The zero-order valence-corrected chi connectivity index (χ0v) is 70.1. The lowest BCUT2D eigenvalue weighted by Crippen LogP contribution is -2.46. The fraction of sp³-hybridized carbons (Fsp3) is 0.541. The standard InChI is InChI=1S/C19H20N2O3S.C13H21NO2S.C10H10BrNO.2C6H11ClO.2C5H9ClO.2C4H7ClO.C2H3ClO/c20-25(22,23)15-7-5-14(6-8-15)17-13-19(9-11-21-12-10-19)24-18-4-2-1-3-16(17)18;1-10(2)11-6-8-12(9-7-11)17(15,16)14-13(3,4)5;1-7(13)12-5-4-8-2-3-9(11)6-10(8)12;1-5(2)3-4-6(7)8;1-3-5(4-2)6(7)8;1-4(2)3-5(6)7;1-2-3-4-5(6)7;1-3(2)4(5)6;1-2-3-4(5)6;1-2(3)4/h1-8,13,21H,9-12H2,(H2,20,22,23);6-10,14H,1-5H3;2-3,6H,4-5H2,1H3;2*5H,3-4H2,1-2H3;4H,3H2,1-2H3;2-4H2,1H3;3H,1-2H3;2-3H2,1H3;1H3. The third-order valence-electron chi connectivity index (χ3n) is 13.9. The number of hydrogen-bond acceptors (Lipinski definition) is 14. The number of para-hydroxylation sites is 1. The Hall–Kier alpha value is -4.13. The molecule has 1 spiro atoms. The number of nitrogens with one attached hydrogen (secondary N) is 2. The molecule has 3 aliphatic heterocycles. The van der Waals surface area contributed by atoms with Crippen molar-refractivity contribution >= 4 is 171 Å². The van der Waals surface area contributed by atoms with Crippen molar-refractivity contribution < 1.29 is 59.9 Å². The van der Waals surface area contributed by atoms with Crippen LogP contribution in [0, 0.1) is 23.7 Å². The van der Waals surface area contributed by atoms with E-state index in [1.807, 2.05) is 128 Å². The van der Waals surface area contributed by atoms with Gasteiger partial charge in [-0.1, -0.05) is 154 Å². The molecule has 1 fully saturated rings. The number of nitrogens with zero attached hydrogens (tertiary/aromatic N) is 1. The number of fused-ring (bicyclic) bond motifs is 2. The monoisotopic (exact) mass is 1650 g/mol. The van der Waals surface area contributed by atoms with Gasteiger partial charge in [-0.25, -0.2) is 26.7 Å². The molecule has 3 aliphatic rings. The van der Waals surface area contributed by atoms with E-state index >= 15 is 0 Å². The predicted molar refractivity (Wildman–Crippen MR) is 422 cm³/mol. The number of benzene rings is 4. The first kappa shape index (κ1) is 101. The van der Waals surface area contributed by atoms with E-state index in [-0.39, 0.29) is 64.9 Å². The Morgan fingerprint density at radius 3 is 1.49 bits per heavy atom. The highest BCUT2D eigenvalue weighted by molar-refractivity contribution is 9.10. The summed E-state index contributed by atoms with van der Waals surface area (Å²) in [5, 5.41) is 6.82. The van der Waals surface area contributed by atoms with E-state index in [0.29, 0.717) is 48.3 Å². The Bertz CT molecular complexity index is 3430. The number of rotatable bonds is 19. The van der Waals surface area contributed by atoms with Gasteiger partial charge in [0.2, 0.25) is 62.7 Å². The average Bonchev–Trinajstić information content (AvgIpc) is 1.57. The molecular weight excluding hydrogens is 1550 g/mol.